The molecule has 3 rings (SSSR count). The number of nitrogens with zero attached hydrogens (tertiary/aromatic N) is 1. The van der Waals surface area contributed by atoms with Crippen LogP contribution in [0.5, 0.6) is 0 Å². The van der Waals surface area contributed by atoms with E-state index in [2.05, 4.69) is 10.3 Å². The van der Waals surface area contributed by atoms with Crippen LogP contribution in [0.25, 0.3) is 10.9 Å². The molecule has 0 unspecified atom stereocenters. The number of anilines is 2. The van der Waals surface area contributed by atoms with Gasteiger partial charge in [0, 0.05) is 22.2 Å². The van der Waals surface area contributed by atoms with E-state index in [0.29, 0.717) is 16.9 Å². The number of pyridine rings is 1. The molecule has 1 N–H and O–H groups in total. The molecule has 4 nitrogen and oxygen atoms in total. The molecule has 0 spiro atoms. The minimum absolute atomic E-state index is 0. The number of carbonyl (C=O) groups is 1. The Bertz CT molecular complexity index is 869. The smallest absolute Gasteiger partial charge is 0.545 e. The topological polar surface area (TPSA) is 65.0 Å². The fraction of sp³-hybridized carbons (Fsp3) is 0.0588. The minimum Gasteiger partial charge on any atom is -0.545 e. The number of nitrogens with one attached hydrogen (secondary N) is 1. The number of hydrogen-bond donors (Lipinski definition) is 1. The summed E-state index contributed by atoms with van der Waals surface area (Å²) in [5, 5.41) is 14.8. The van der Waals surface area contributed by atoms with Gasteiger partial charge in [0.25, 0.3) is 0 Å². The Morgan fingerprint density at radius 3 is 2.52 bits per heavy atom. The Labute approximate surface area is 154 Å². The van der Waals surface area contributed by atoms with Gasteiger partial charge in [0.05, 0.1) is 11.5 Å². The first-order valence-corrected chi connectivity index (χ1v) is 6.69. The number of hydrogen-bond acceptors (Lipinski definition) is 4. The van der Waals surface area contributed by atoms with Gasteiger partial charge in [-0.25, -0.2) is 9.37 Å². The number of fused-ring (bicyclic) bond motifs is 1. The molecule has 0 saturated heterocycles. The molecule has 0 bridgehead atoms. The van der Waals surface area contributed by atoms with Crippen molar-refractivity contribution >= 4 is 28.4 Å². The molecule has 0 atom stereocenters. The number of carboxylic acids is 1. The van der Waals surface area contributed by atoms with E-state index in [9.17, 15) is 14.3 Å². The minimum atomic E-state index is -1.35. The van der Waals surface area contributed by atoms with E-state index in [1.807, 2.05) is 30.3 Å². The number of aromatic carboxylic acids is 1. The summed E-state index contributed by atoms with van der Waals surface area (Å²) in [5.41, 5.74) is 1.53. The Balaban J connectivity index is 0.00000192. The third-order valence-electron chi connectivity index (χ3n) is 3.43. The third-order valence-corrected chi connectivity index (χ3v) is 3.43. The van der Waals surface area contributed by atoms with Crippen molar-refractivity contribution in [1.29, 1.82) is 0 Å². The van der Waals surface area contributed by atoms with E-state index in [4.69, 9.17) is 0 Å². The monoisotopic (exact) mass is 318 g/mol. The molecule has 0 aliphatic heterocycles. The predicted molar refractivity (Wildman–Crippen MR) is 80.5 cm³/mol. The van der Waals surface area contributed by atoms with E-state index >= 15 is 0 Å². The summed E-state index contributed by atoms with van der Waals surface area (Å²) in [6, 6.07) is 13.1. The van der Waals surface area contributed by atoms with Crippen LogP contribution < -0.4 is 40.0 Å². The molecule has 0 fully saturated rings. The molecule has 0 aliphatic carbocycles. The molecule has 0 saturated carbocycles. The van der Waals surface area contributed by atoms with Crippen molar-refractivity contribution in [2.45, 2.75) is 6.92 Å². The van der Waals surface area contributed by atoms with Gasteiger partial charge in [0.1, 0.15) is 11.6 Å². The van der Waals surface area contributed by atoms with Gasteiger partial charge in [0.15, 0.2) is 0 Å². The van der Waals surface area contributed by atoms with Gasteiger partial charge >= 0.3 is 29.6 Å². The van der Waals surface area contributed by atoms with Crippen LogP contribution in [0.15, 0.2) is 48.5 Å². The van der Waals surface area contributed by atoms with Crippen molar-refractivity contribution < 1.29 is 43.8 Å². The summed E-state index contributed by atoms with van der Waals surface area (Å²) in [5.74, 6) is -1.46. The van der Waals surface area contributed by atoms with E-state index in [1.54, 1.807) is 6.92 Å². The van der Waals surface area contributed by atoms with Crippen molar-refractivity contribution in [2.24, 2.45) is 0 Å². The maximum atomic E-state index is 13.4. The summed E-state index contributed by atoms with van der Waals surface area (Å²) in [6.45, 7) is 1.62. The summed E-state index contributed by atoms with van der Waals surface area (Å²) < 4.78 is 13.4. The van der Waals surface area contributed by atoms with E-state index in [-0.39, 0.29) is 40.5 Å². The van der Waals surface area contributed by atoms with Crippen molar-refractivity contribution in [3.05, 3.63) is 65.5 Å². The number of para-hydroxylation sites is 1. The molecule has 1 heterocycles. The van der Waals surface area contributed by atoms with Crippen LogP contribution in [-0.2, 0) is 0 Å². The number of aromatic nitrogens is 1. The Hall–Kier alpha value is -1.95. The van der Waals surface area contributed by atoms with Crippen molar-refractivity contribution in [2.75, 3.05) is 5.32 Å². The first-order chi connectivity index (χ1) is 10.6. The van der Waals surface area contributed by atoms with E-state index in [0.717, 1.165) is 11.8 Å². The van der Waals surface area contributed by atoms with Crippen LogP contribution in [0.3, 0.4) is 0 Å². The zero-order valence-corrected chi connectivity index (χ0v) is 14.8. The number of benzene rings is 2. The second-order valence-corrected chi connectivity index (χ2v) is 4.90. The fourth-order valence-electron chi connectivity index (χ4n) is 2.37. The van der Waals surface area contributed by atoms with E-state index < -0.39 is 11.8 Å². The molecular weight excluding hydrogens is 306 g/mol. The zero-order chi connectivity index (χ0) is 15.7. The average molecular weight is 318 g/mol. The number of carboxylic acid groups (broad SMARTS) is 1. The van der Waals surface area contributed by atoms with Crippen LogP contribution >= 0.6 is 0 Å². The summed E-state index contributed by atoms with van der Waals surface area (Å²) in [7, 11) is 0. The average Bonchev–Trinajstić information content (AvgIpc) is 2.49. The van der Waals surface area contributed by atoms with E-state index in [1.165, 1.54) is 12.1 Å². The van der Waals surface area contributed by atoms with Gasteiger partial charge in [-0.2, -0.15) is 0 Å². The Morgan fingerprint density at radius 1 is 1.17 bits per heavy atom. The third kappa shape index (κ3) is 3.52. The molecule has 0 aliphatic rings. The second kappa shape index (κ2) is 7.08. The Kier molecular flexibility index (Phi) is 5.36. The van der Waals surface area contributed by atoms with Gasteiger partial charge in [-0.1, -0.05) is 18.2 Å². The summed E-state index contributed by atoms with van der Waals surface area (Å²) in [4.78, 5) is 15.8. The zero-order valence-electron chi connectivity index (χ0n) is 12.8. The normalized spacial score (nSPS) is 10.2. The van der Waals surface area contributed by atoms with Gasteiger partial charge in [-0.05, 0) is 37.3 Å². The molecule has 0 radical (unpaired) electrons. The van der Waals surface area contributed by atoms with Gasteiger partial charge in [0.2, 0.25) is 0 Å². The standard InChI is InChI=1S/C17H13FN2O2.Na/c1-10-15(17(21)22)13-9-11(18)7-8-14(13)20-16(10)19-12-5-3-2-4-6-12;/h2-9H,1H3,(H,19,20)(H,21,22);/q;+1/p-1. The van der Waals surface area contributed by atoms with Crippen molar-refractivity contribution in [3.63, 3.8) is 0 Å². The first kappa shape index (κ1) is 17.4. The maximum absolute atomic E-state index is 13.4. The van der Waals surface area contributed by atoms with Gasteiger partial charge < -0.3 is 15.2 Å². The molecular formula is C17H12FN2NaO2. The maximum Gasteiger partial charge on any atom is 1.00 e. The van der Waals surface area contributed by atoms with Crippen LogP contribution in [-0.4, -0.2) is 11.0 Å². The quantitative estimate of drug-likeness (QED) is 0.679. The van der Waals surface area contributed by atoms with Crippen molar-refractivity contribution in [3.8, 4) is 0 Å². The molecule has 2 aromatic carbocycles. The molecule has 6 heteroatoms. The van der Waals surface area contributed by atoms with Crippen LogP contribution in [0.1, 0.15) is 15.9 Å². The molecule has 110 valence electrons. The molecule has 0 amide bonds. The molecule has 1 aromatic heterocycles. The largest absolute Gasteiger partial charge is 1.00 e. The number of halogens is 1. The molecule has 3 aromatic rings. The van der Waals surface area contributed by atoms with Crippen molar-refractivity contribution in [1.82, 2.24) is 4.98 Å². The Morgan fingerprint density at radius 2 is 1.87 bits per heavy atom. The van der Waals surface area contributed by atoms with Crippen LogP contribution in [0, 0.1) is 12.7 Å². The van der Waals surface area contributed by atoms with Crippen LogP contribution in [0.2, 0.25) is 0 Å². The summed E-state index contributed by atoms with van der Waals surface area (Å²) in [6.07, 6.45) is 0. The predicted octanol–water partition coefficient (Wildman–Crippen LogP) is -0.207. The van der Waals surface area contributed by atoms with Crippen LogP contribution in [0.4, 0.5) is 15.9 Å². The number of carbonyl (C=O) groups excluding carboxylic acids is 1. The fourth-order valence-corrected chi connectivity index (χ4v) is 2.37. The van der Waals surface area contributed by atoms with Gasteiger partial charge in [-0.3, -0.25) is 0 Å². The molecule has 23 heavy (non-hydrogen) atoms. The second-order valence-electron chi connectivity index (χ2n) is 4.90. The number of rotatable bonds is 3. The summed E-state index contributed by atoms with van der Waals surface area (Å²) >= 11 is 0. The SMILES string of the molecule is Cc1c(Nc2ccccc2)nc2ccc(F)cc2c1C(=O)[O-].[Na+]. The van der Waals surface area contributed by atoms with Gasteiger partial charge in [-0.15, -0.1) is 0 Å². The first-order valence-electron chi connectivity index (χ1n) is 6.69.